The Hall–Kier alpha value is -1.71. The number of ether oxygens (including phenoxy) is 1. The Morgan fingerprint density at radius 3 is 2.67 bits per heavy atom. The summed E-state index contributed by atoms with van der Waals surface area (Å²) in [4.78, 5) is 10.8. The first-order chi connectivity index (χ1) is 9.96. The highest BCUT2D eigenvalue weighted by molar-refractivity contribution is 5.73. The first-order valence-electron chi connectivity index (χ1n) is 7.73. The molecule has 0 heterocycles. The van der Waals surface area contributed by atoms with Crippen molar-refractivity contribution in [1.82, 2.24) is 0 Å². The number of carbonyl (C=O) groups excluding carboxylic acids is 1. The highest BCUT2D eigenvalue weighted by atomic mass is 16.5. The summed E-state index contributed by atoms with van der Waals surface area (Å²) in [6.07, 6.45) is 5.10. The molecule has 1 amide bonds. The van der Waals surface area contributed by atoms with Crippen LogP contribution in [0.2, 0.25) is 0 Å². The van der Waals surface area contributed by atoms with Gasteiger partial charge in [-0.1, -0.05) is 26.0 Å². The minimum atomic E-state index is -0.338. The summed E-state index contributed by atoms with van der Waals surface area (Å²) in [5, 5.41) is 3.58. The van der Waals surface area contributed by atoms with Crippen molar-refractivity contribution in [3.05, 3.63) is 24.3 Å². The molecule has 1 aliphatic rings. The van der Waals surface area contributed by atoms with Crippen LogP contribution in [-0.2, 0) is 4.79 Å². The molecular formula is C17H26N2O2. The number of carbonyl (C=O) groups is 1. The van der Waals surface area contributed by atoms with Gasteiger partial charge in [-0.05, 0) is 43.2 Å². The van der Waals surface area contributed by atoms with Crippen molar-refractivity contribution in [1.29, 1.82) is 0 Å². The molecule has 0 aromatic heterocycles. The lowest BCUT2D eigenvalue weighted by Gasteiger charge is -2.35. The van der Waals surface area contributed by atoms with Gasteiger partial charge >= 0.3 is 0 Å². The monoisotopic (exact) mass is 290 g/mol. The van der Waals surface area contributed by atoms with Crippen molar-refractivity contribution in [2.45, 2.75) is 52.0 Å². The third-order valence-corrected chi connectivity index (χ3v) is 4.19. The zero-order valence-electron chi connectivity index (χ0n) is 13.0. The Bertz CT molecular complexity index is 475. The fourth-order valence-corrected chi connectivity index (χ4v) is 2.74. The van der Waals surface area contributed by atoms with Gasteiger partial charge in [-0.15, -0.1) is 0 Å². The minimum Gasteiger partial charge on any atom is -0.491 e. The van der Waals surface area contributed by atoms with Crippen LogP contribution in [0.15, 0.2) is 24.3 Å². The van der Waals surface area contributed by atoms with Crippen molar-refractivity contribution >= 4 is 11.6 Å². The van der Waals surface area contributed by atoms with Crippen LogP contribution in [0.25, 0.3) is 0 Å². The maximum atomic E-state index is 10.8. The Morgan fingerprint density at radius 2 is 2.00 bits per heavy atom. The van der Waals surface area contributed by atoms with E-state index in [1.807, 2.05) is 24.3 Å². The number of nitrogens with two attached hydrogens (primary N) is 1. The molecule has 2 rings (SSSR count). The van der Waals surface area contributed by atoms with Gasteiger partial charge in [0.15, 0.2) is 0 Å². The lowest BCUT2D eigenvalue weighted by Crippen LogP contribution is -2.30. The van der Waals surface area contributed by atoms with Gasteiger partial charge in [0.05, 0.1) is 18.7 Å². The number of rotatable bonds is 6. The number of nitrogens with one attached hydrogen (secondary N) is 1. The Balaban J connectivity index is 1.92. The number of anilines is 1. The summed E-state index contributed by atoms with van der Waals surface area (Å²) in [7, 11) is 0. The summed E-state index contributed by atoms with van der Waals surface area (Å²) >= 11 is 0. The van der Waals surface area contributed by atoms with Gasteiger partial charge in [0.25, 0.3) is 0 Å². The second-order valence-corrected chi connectivity index (χ2v) is 6.64. The quantitative estimate of drug-likeness (QED) is 0.844. The second-order valence-electron chi connectivity index (χ2n) is 6.64. The van der Waals surface area contributed by atoms with Gasteiger partial charge in [-0.2, -0.15) is 0 Å². The van der Waals surface area contributed by atoms with Gasteiger partial charge in [0.2, 0.25) is 5.91 Å². The molecule has 1 aromatic rings. The van der Waals surface area contributed by atoms with E-state index in [9.17, 15) is 4.79 Å². The molecule has 0 radical (unpaired) electrons. The summed E-state index contributed by atoms with van der Waals surface area (Å²) in [5.74, 6) is 0.457. The van der Waals surface area contributed by atoms with Gasteiger partial charge in [-0.25, -0.2) is 0 Å². The van der Waals surface area contributed by atoms with Gasteiger partial charge < -0.3 is 15.8 Å². The number of hydrogen-bond donors (Lipinski definition) is 2. The average molecular weight is 290 g/mol. The Morgan fingerprint density at radius 1 is 1.33 bits per heavy atom. The number of hydrogen-bond acceptors (Lipinski definition) is 3. The molecule has 3 N–H and O–H groups in total. The van der Waals surface area contributed by atoms with E-state index in [4.69, 9.17) is 10.5 Å². The Labute approximate surface area is 127 Å². The number of benzene rings is 1. The predicted molar refractivity (Wildman–Crippen MR) is 85.4 cm³/mol. The molecule has 1 saturated carbocycles. The molecule has 1 fully saturated rings. The van der Waals surface area contributed by atoms with E-state index in [-0.39, 0.29) is 12.3 Å². The van der Waals surface area contributed by atoms with Crippen LogP contribution < -0.4 is 15.8 Å². The zero-order valence-corrected chi connectivity index (χ0v) is 13.0. The van der Waals surface area contributed by atoms with E-state index in [2.05, 4.69) is 19.2 Å². The first-order valence-corrected chi connectivity index (χ1v) is 7.73. The maximum Gasteiger partial charge on any atom is 0.220 e. The summed E-state index contributed by atoms with van der Waals surface area (Å²) in [5.41, 5.74) is 6.61. The zero-order chi connectivity index (χ0) is 15.3. The van der Waals surface area contributed by atoms with E-state index >= 15 is 0 Å². The maximum absolute atomic E-state index is 10.8. The van der Waals surface area contributed by atoms with Crippen molar-refractivity contribution in [3.63, 3.8) is 0 Å². The molecule has 0 spiro atoms. The van der Waals surface area contributed by atoms with Crippen LogP contribution in [-0.4, -0.2) is 18.6 Å². The third kappa shape index (κ3) is 4.96. The van der Waals surface area contributed by atoms with Crippen LogP contribution in [0.3, 0.4) is 0 Å². The van der Waals surface area contributed by atoms with E-state index in [1.54, 1.807) is 0 Å². The van der Waals surface area contributed by atoms with E-state index in [1.165, 1.54) is 25.7 Å². The predicted octanol–water partition coefficient (Wildman–Crippen LogP) is 3.32. The molecule has 1 aliphatic carbocycles. The van der Waals surface area contributed by atoms with Crippen molar-refractivity contribution in [2.75, 3.05) is 11.9 Å². The molecule has 0 atom stereocenters. The van der Waals surface area contributed by atoms with Crippen LogP contribution in [0.1, 0.15) is 46.0 Å². The van der Waals surface area contributed by atoms with Crippen molar-refractivity contribution in [3.8, 4) is 5.75 Å². The van der Waals surface area contributed by atoms with E-state index < -0.39 is 0 Å². The fourth-order valence-electron chi connectivity index (χ4n) is 2.74. The number of para-hydroxylation sites is 2. The van der Waals surface area contributed by atoms with Crippen LogP contribution in [0.5, 0.6) is 5.75 Å². The molecule has 1 aromatic carbocycles. The lowest BCUT2D eigenvalue weighted by molar-refractivity contribution is -0.118. The summed E-state index contributed by atoms with van der Waals surface area (Å²) in [6, 6.07) is 8.39. The molecule has 4 heteroatoms. The Kier molecular flexibility index (Phi) is 5.10. The lowest BCUT2D eigenvalue weighted by atomic mass is 9.75. The van der Waals surface area contributed by atoms with Crippen LogP contribution in [0.4, 0.5) is 5.69 Å². The molecule has 116 valence electrons. The number of primary amides is 1. The summed E-state index contributed by atoms with van der Waals surface area (Å²) in [6.45, 7) is 5.00. The first kappa shape index (κ1) is 15.7. The second kappa shape index (κ2) is 6.83. The molecule has 0 unspecified atom stereocenters. The largest absolute Gasteiger partial charge is 0.491 e. The van der Waals surface area contributed by atoms with Gasteiger partial charge in [0.1, 0.15) is 5.75 Å². The van der Waals surface area contributed by atoms with Gasteiger partial charge in [-0.3, -0.25) is 4.79 Å². The normalized spacial score (nSPS) is 18.2. The highest BCUT2D eigenvalue weighted by Gasteiger charge is 2.26. The van der Waals surface area contributed by atoms with Gasteiger partial charge in [0, 0.05) is 6.04 Å². The SMILES string of the molecule is CC1(C)CCC(Nc2ccccc2OCCC(N)=O)CC1. The number of amides is 1. The third-order valence-electron chi connectivity index (χ3n) is 4.19. The van der Waals surface area contributed by atoms with Crippen LogP contribution >= 0.6 is 0 Å². The van der Waals surface area contributed by atoms with Crippen molar-refractivity contribution < 1.29 is 9.53 Å². The standard InChI is InChI=1S/C17H26N2O2/c1-17(2)10-7-13(8-11-17)19-14-5-3-4-6-15(14)21-12-9-16(18)20/h3-6,13,19H,7-12H2,1-2H3,(H2,18,20). The molecule has 0 saturated heterocycles. The average Bonchev–Trinajstić information content (AvgIpc) is 2.42. The molecule has 21 heavy (non-hydrogen) atoms. The molecular weight excluding hydrogens is 264 g/mol. The molecule has 4 nitrogen and oxygen atoms in total. The topological polar surface area (TPSA) is 64.3 Å². The fraction of sp³-hybridized carbons (Fsp3) is 0.588. The minimum absolute atomic E-state index is 0.242. The molecule has 0 bridgehead atoms. The van der Waals surface area contributed by atoms with E-state index in [0.29, 0.717) is 18.1 Å². The smallest absolute Gasteiger partial charge is 0.220 e. The summed E-state index contributed by atoms with van der Waals surface area (Å²) < 4.78 is 5.67. The molecule has 0 aliphatic heterocycles. The van der Waals surface area contributed by atoms with Crippen LogP contribution in [0, 0.1) is 5.41 Å². The highest BCUT2D eigenvalue weighted by Crippen LogP contribution is 2.37. The van der Waals surface area contributed by atoms with E-state index in [0.717, 1.165) is 11.4 Å². The van der Waals surface area contributed by atoms with Crippen molar-refractivity contribution in [2.24, 2.45) is 11.1 Å².